The predicted molar refractivity (Wildman–Crippen MR) is 88.6 cm³/mol. The lowest BCUT2D eigenvalue weighted by Gasteiger charge is -2.06. The van der Waals surface area contributed by atoms with Crippen LogP contribution in [0.5, 0.6) is 0 Å². The molecule has 2 aromatic heterocycles. The van der Waals surface area contributed by atoms with E-state index in [2.05, 4.69) is 36.0 Å². The number of benzene rings is 1. The van der Waals surface area contributed by atoms with Crippen molar-refractivity contribution in [3.05, 3.63) is 58.5 Å². The van der Waals surface area contributed by atoms with Crippen molar-refractivity contribution >= 4 is 21.9 Å². The average Bonchev–Trinajstić information content (AvgIpc) is 3.10. The van der Waals surface area contributed by atoms with Crippen LogP contribution in [0.4, 0.5) is 13.2 Å². The molecule has 0 aliphatic rings. The smallest absolute Gasteiger partial charge is 0.416 e. The highest BCUT2D eigenvalue weighted by Gasteiger charge is 2.30. The monoisotopic (exact) mass is 426 g/mol. The minimum absolute atomic E-state index is 0.0726. The molecule has 0 aliphatic heterocycles. The van der Waals surface area contributed by atoms with E-state index in [9.17, 15) is 18.0 Å². The van der Waals surface area contributed by atoms with Crippen molar-refractivity contribution < 1.29 is 22.7 Å². The van der Waals surface area contributed by atoms with Gasteiger partial charge in [-0.25, -0.2) is 14.5 Å². The molecule has 0 unspecified atom stereocenters. The van der Waals surface area contributed by atoms with Crippen molar-refractivity contribution in [1.29, 1.82) is 0 Å². The Bertz CT molecular complexity index is 955. The van der Waals surface area contributed by atoms with E-state index in [0.29, 0.717) is 21.5 Å². The Morgan fingerprint density at radius 1 is 1.19 bits per heavy atom. The van der Waals surface area contributed by atoms with Crippen LogP contribution in [0.3, 0.4) is 0 Å². The number of halogens is 4. The van der Waals surface area contributed by atoms with Crippen molar-refractivity contribution in [2.24, 2.45) is 0 Å². The molecule has 1 aromatic carbocycles. The second-order valence-electron chi connectivity index (χ2n) is 5.15. The maximum Gasteiger partial charge on any atom is 0.416 e. The average molecular weight is 427 g/mol. The van der Waals surface area contributed by atoms with Gasteiger partial charge in [0.15, 0.2) is 5.69 Å². The summed E-state index contributed by atoms with van der Waals surface area (Å²) >= 11 is 3.20. The SMILES string of the molecule is COC(=O)c1cc(-n2cc(-c3ccc(C(F)(F)F)cc3)nn2)cc(Br)n1. The molecule has 0 amide bonds. The number of carbonyl (C=O) groups is 1. The zero-order chi connectivity index (χ0) is 18.9. The van der Waals surface area contributed by atoms with Crippen molar-refractivity contribution in [2.75, 3.05) is 7.11 Å². The number of ether oxygens (including phenoxy) is 1. The van der Waals surface area contributed by atoms with Gasteiger partial charge in [-0.05, 0) is 40.2 Å². The lowest BCUT2D eigenvalue weighted by Crippen LogP contribution is -2.06. The van der Waals surface area contributed by atoms with Gasteiger partial charge in [0.25, 0.3) is 0 Å². The third kappa shape index (κ3) is 3.74. The van der Waals surface area contributed by atoms with Crippen molar-refractivity contribution in [2.45, 2.75) is 6.18 Å². The number of methoxy groups -OCH3 is 1. The molecular weight excluding hydrogens is 417 g/mol. The third-order valence-corrected chi connectivity index (χ3v) is 3.85. The number of alkyl halides is 3. The number of carbonyl (C=O) groups excluding carboxylic acids is 1. The van der Waals surface area contributed by atoms with Crippen LogP contribution in [0.15, 0.2) is 47.2 Å². The van der Waals surface area contributed by atoms with E-state index in [0.717, 1.165) is 12.1 Å². The first kappa shape index (κ1) is 18.1. The number of nitrogens with zero attached hydrogens (tertiary/aromatic N) is 4. The van der Waals surface area contributed by atoms with Gasteiger partial charge in [-0.1, -0.05) is 17.3 Å². The van der Waals surface area contributed by atoms with E-state index in [1.54, 1.807) is 6.07 Å². The fraction of sp³-hybridized carbons (Fsp3) is 0.125. The van der Waals surface area contributed by atoms with Gasteiger partial charge >= 0.3 is 12.1 Å². The molecule has 6 nitrogen and oxygen atoms in total. The van der Waals surface area contributed by atoms with E-state index in [4.69, 9.17) is 0 Å². The highest BCUT2D eigenvalue weighted by molar-refractivity contribution is 9.10. The zero-order valence-corrected chi connectivity index (χ0v) is 14.7. The lowest BCUT2D eigenvalue weighted by molar-refractivity contribution is -0.137. The molecule has 26 heavy (non-hydrogen) atoms. The summed E-state index contributed by atoms with van der Waals surface area (Å²) in [5.74, 6) is -0.615. The normalized spacial score (nSPS) is 11.4. The van der Waals surface area contributed by atoms with Crippen LogP contribution in [-0.2, 0) is 10.9 Å². The molecule has 0 fully saturated rings. The number of rotatable bonds is 3. The van der Waals surface area contributed by atoms with Gasteiger partial charge in [-0.15, -0.1) is 5.10 Å². The topological polar surface area (TPSA) is 69.9 Å². The molecule has 0 aliphatic carbocycles. The second-order valence-corrected chi connectivity index (χ2v) is 5.96. The molecule has 0 saturated heterocycles. The number of esters is 1. The van der Waals surface area contributed by atoms with Crippen LogP contribution in [0.25, 0.3) is 16.9 Å². The molecule has 0 spiro atoms. The highest BCUT2D eigenvalue weighted by Crippen LogP contribution is 2.30. The molecule has 0 bridgehead atoms. The summed E-state index contributed by atoms with van der Waals surface area (Å²) in [5, 5.41) is 7.90. The standard InChI is InChI=1S/C16H10BrF3N4O2/c1-26-15(25)12-6-11(7-14(17)21-12)24-8-13(22-23-24)9-2-4-10(5-3-9)16(18,19)20/h2-8H,1H3. The molecule has 0 saturated carbocycles. The molecule has 2 heterocycles. The fourth-order valence-electron chi connectivity index (χ4n) is 2.18. The first-order chi connectivity index (χ1) is 12.3. The van der Waals surface area contributed by atoms with Gasteiger partial charge in [0.2, 0.25) is 0 Å². The van der Waals surface area contributed by atoms with Crippen LogP contribution in [-0.4, -0.2) is 33.1 Å². The Morgan fingerprint density at radius 3 is 2.50 bits per heavy atom. The summed E-state index contributed by atoms with van der Waals surface area (Å²) in [6, 6.07) is 7.66. The maximum atomic E-state index is 12.6. The summed E-state index contributed by atoms with van der Waals surface area (Å²) in [4.78, 5) is 15.6. The summed E-state index contributed by atoms with van der Waals surface area (Å²) in [7, 11) is 1.24. The molecule has 134 valence electrons. The number of hydrogen-bond donors (Lipinski definition) is 0. The Hall–Kier alpha value is -2.75. The van der Waals surface area contributed by atoms with Crippen molar-refractivity contribution in [3.8, 4) is 16.9 Å². The van der Waals surface area contributed by atoms with Gasteiger partial charge in [0.05, 0.1) is 24.6 Å². The maximum absolute atomic E-state index is 12.6. The quantitative estimate of drug-likeness (QED) is 0.469. The Kier molecular flexibility index (Phi) is 4.77. The summed E-state index contributed by atoms with van der Waals surface area (Å²) in [5.41, 5.74) is 0.674. The first-order valence-corrected chi connectivity index (χ1v) is 7.93. The largest absolute Gasteiger partial charge is 0.464 e. The fourth-order valence-corrected chi connectivity index (χ4v) is 2.60. The Balaban J connectivity index is 1.93. The van der Waals surface area contributed by atoms with Crippen LogP contribution >= 0.6 is 15.9 Å². The van der Waals surface area contributed by atoms with E-state index in [1.165, 1.54) is 36.2 Å². The highest BCUT2D eigenvalue weighted by atomic mass is 79.9. The lowest BCUT2D eigenvalue weighted by atomic mass is 10.1. The van der Waals surface area contributed by atoms with E-state index in [-0.39, 0.29) is 5.69 Å². The first-order valence-electron chi connectivity index (χ1n) is 7.14. The van der Waals surface area contributed by atoms with E-state index < -0.39 is 17.7 Å². The zero-order valence-electron chi connectivity index (χ0n) is 13.2. The van der Waals surface area contributed by atoms with Crippen LogP contribution in [0.1, 0.15) is 16.1 Å². The summed E-state index contributed by atoms with van der Waals surface area (Å²) < 4.78 is 44.3. The summed E-state index contributed by atoms with van der Waals surface area (Å²) in [6.45, 7) is 0. The number of aromatic nitrogens is 4. The van der Waals surface area contributed by atoms with Gasteiger partial charge in [-0.2, -0.15) is 13.2 Å². The van der Waals surface area contributed by atoms with Gasteiger partial charge < -0.3 is 4.74 Å². The van der Waals surface area contributed by atoms with Crippen LogP contribution < -0.4 is 0 Å². The van der Waals surface area contributed by atoms with E-state index >= 15 is 0 Å². The molecule has 0 radical (unpaired) electrons. The molecular formula is C16H10BrF3N4O2. The van der Waals surface area contributed by atoms with E-state index in [1.807, 2.05) is 0 Å². The molecule has 10 heteroatoms. The Labute approximate surface area is 153 Å². The summed E-state index contributed by atoms with van der Waals surface area (Å²) in [6.07, 6.45) is -2.87. The molecule has 3 aromatic rings. The molecule has 3 rings (SSSR count). The predicted octanol–water partition coefficient (Wildman–Crippen LogP) is 3.90. The second kappa shape index (κ2) is 6.87. The van der Waals surface area contributed by atoms with Gasteiger partial charge in [0, 0.05) is 5.56 Å². The molecule has 0 atom stereocenters. The van der Waals surface area contributed by atoms with Crippen molar-refractivity contribution in [1.82, 2.24) is 20.0 Å². The number of pyridine rings is 1. The minimum Gasteiger partial charge on any atom is -0.464 e. The van der Waals surface area contributed by atoms with Gasteiger partial charge in [-0.3, -0.25) is 0 Å². The number of hydrogen-bond acceptors (Lipinski definition) is 5. The van der Waals surface area contributed by atoms with Crippen molar-refractivity contribution in [3.63, 3.8) is 0 Å². The van der Waals surface area contributed by atoms with Gasteiger partial charge in [0.1, 0.15) is 10.3 Å². The van der Waals surface area contributed by atoms with Crippen LogP contribution in [0, 0.1) is 0 Å². The Morgan fingerprint density at radius 2 is 1.88 bits per heavy atom. The minimum atomic E-state index is -4.40. The third-order valence-electron chi connectivity index (χ3n) is 3.44. The molecule has 0 N–H and O–H groups in total. The van der Waals surface area contributed by atoms with Crippen LogP contribution in [0.2, 0.25) is 0 Å².